The van der Waals surface area contributed by atoms with Gasteiger partial charge in [-0.3, -0.25) is 9.69 Å². The molecule has 0 saturated carbocycles. The summed E-state index contributed by atoms with van der Waals surface area (Å²) in [4.78, 5) is 17.7. The van der Waals surface area contributed by atoms with Crippen molar-refractivity contribution in [1.29, 1.82) is 0 Å². The zero-order valence-electron chi connectivity index (χ0n) is 16.0. The van der Waals surface area contributed by atoms with Gasteiger partial charge in [0.15, 0.2) is 0 Å². The Kier molecular flexibility index (Phi) is 4.93. The van der Waals surface area contributed by atoms with Gasteiger partial charge in [0.2, 0.25) is 0 Å². The summed E-state index contributed by atoms with van der Waals surface area (Å²) >= 11 is 0. The Hall–Kier alpha value is -2.15. The zero-order chi connectivity index (χ0) is 18.9. The number of carbonyl (C=O) groups excluding carboxylic acids is 1. The first-order valence-corrected chi connectivity index (χ1v) is 10.2. The SMILES string of the molecule is O=C(c1coc(CN2CCOCC2)c1)N1C[C@@H]2CNC[C@@H]2[C@@H]1c1ccccc1. The summed E-state index contributed by atoms with van der Waals surface area (Å²) in [5, 5.41) is 3.50. The van der Waals surface area contributed by atoms with Gasteiger partial charge >= 0.3 is 0 Å². The number of fused-ring (bicyclic) bond motifs is 1. The van der Waals surface area contributed by atoms with E-state index in [1.165, 1.54) is 5.56 Å². The van der Waals surface area contributed by atoms with Crippen LogP contribution in [0.1, 0.15) is 27.7 Å². The van der Waals surface area contributed by atoms with Gasteiger partial charge in [-0.15, -0.1) is 0 Å². The molecule has 0 bridgehead atoms. The fourth-order valence-electron chi connectivity index (χ4n) is 4.93. The van der Waals surface area contributed by atoms with Gasteiger partial charge in [0, 0.05) is 38.6 Å². The highest BCUT2D eigenvalue weighted by Crippen LogP contribution is 2.43. The maximum absolute atomic E-state index is 13.4. The fourth-order valence-corrected chi connectivity index (χ4v) is 4.93. The number of carbonyl (C=O) groups is 1. The Balaban J connectivity index is 1.35. The number of likely N-dealkylation sites (tertiary alicyclic amines) is 1. The molecule has 1 aromatic heterocycles. The number of rotatable bonds is 4. The highest BCUT2D eigenvalue weighted by atomic mass is 16.5. The van der Waals surface area contributed by atoms with E-state index in [2.05, 4.69) is 39.4 Å². The monoisotopic (exact) mass is 381 g/mol. The van der Waals surface area contributed by atoms with Gasteiger partial charge in [0.25, 0.3) is 5.91 Å². The summed E-state index contributed by atoms with van der Waals surface area (Å²) in [6.45, 7) is 6.83. The molecular formula is C22H27N3O3. The Morgan fingerprint density at radius 3 is 2.79 bits per heavy atom. The fraction of sp³-hybridized carbons (Fsp3) is 0.500. The third-order valence-corrected chi connectivity index (χ3v) is 6.35. The molecule has 148 valence electrons. The molecule has 3 atom stereocenters. The van der Waals surface area contributed by atoms with Crippen molar-refractivity contribution in [3.8, 4) is 0 Å². The van der Waals surface area contributed by atoms with Crippen molar-refractivity contribution in [2.24, 2.45) is 11.8 Å². The maximum atomic E-state index is 13.4. The van der Waals surface area contributed by atoms with Gasteiger partial charge in [0.05, 0.1) is 31.4 Å². The number of hydrogen-bond acceptors (Lipinski definition) is 5. The van der Waals surface area contributed by atoms with E-state index in [1.54, 1.807) is 6.26 Å². The third kappa shape index (κ3) is 3.36. The molecule has 3 aliphatic rings. The molecular weight excluding hydrogens is 354 g/mol. The first-order valence-electron chi connectivity index (χ1n) is 10.2. The molecule has 0 aliphatic carbocycles. The van der Waals surface area contributed by atoms with Crippen LogP contribution in [0, 0.1) is 11.8 Å². The molecule has 3 saturated heterocycles. The van der Waals surface area contributed by atoms with E-state index >= 15 is 0 Å². The Morgan fingerprint density at radius 2 is 1.96 bits per heavy atom. The number of ether oxygens (including phenoxy) is 1. The van der Waals surface area contributed by atoms with E-state index in [1.807, 2.05) is 12.1 Å². The van der Waals surface area contributed by atoms with Crippen LogP contribution in [0.15, 0.2) is 47.1 Å². The van der Waals surface area contributed by atoms with Crippen molar-refractivity contribution in [3.05, 3.63) is 59.5 Å². The van der Waals surface area contributed by atoms with Crippen molar-refractivity contribution in [3.63, 3.8) is 0 Å². The van der Waals surface area contributed by atoms with Crippen molar-refractivity contribution in [2.45, 2.75) is 12.6 Å². The first kappa shape index (κ1) is 17.9. The van der Waals surface area contributed by atoms with Crippen LogP contribution in [0.4, 0.5) is 0 Å². The summed E-state index contributed by atoms with van der Waals surface area (Å²) in [7, 11) is 0. The van der Waals surface area contributed by atoms with E-state index in [0.29, 0.717) is 17.4 Å². The molecule has 6 nitrogen and oxygen atoms in total. The van der Waals surface area contributed by atoms with E-state index in [4.69, 9.17) is 9.15 Å². The maximum Gasteiger partial charge on any atom is 0.257 e. The smallest absolute Gasteiger partial charge is 0.257 e. The summed E-state index contributed by atoms with van der Waals surface area (Å²) in [5.74, 6) is 1.93. The van der Waals surface area contributed by atoms with E-state index in [9.17, 15) is 4.79 Å². The molecule has 6 heteroatoms. The van der Waals surface area contributed by atoms with Gasteiger partial charge in [-0.05, 0) is 17.5 Å². The normalized spacial score (nSPS) is 27.9. The summed E-state index contributed by atoms with van der Waals surface area (Å²) in [6, 6.07) is 12.5. The Labute approximate surface area is 165 Å². The van der Waals surface area contributed by atoms with E-state index < -0.39 is 0 Å². The minimum Gasteiger partial charge on any atom is -0.467 e. The average Bonchev–Trinajstić information content (AvgIpc) is 3.45. The van der Waals surface area contributed by atoms with E-state index in [-0.39, 0.29) is 11.9 Å². The minimum absolute atomic E-state index is 0.0835. The topological polar surface area (TPSA) is 58.0 Å². The van der Waals surface area contributed by atoms with Crippen LogP contribution in [-0.2, 0) is 11.3 Å². The summed E-state index contributed by atoms with van der Waals surface area (Å²) in [5.41, 5.74) is 1.89. The molecule has 2 aromatic rings. The molecule has 4 heterocycles. The second kappa shape index (κ2) is 7.70. The number of amides is 1. The number of furan rings is 1. The van der Waals surface area contributed by atoms with E-state index in [0.717, 1.165) is 58.2 Å². The minimum atomic E-state index is 0.0835. The molecule has 0 radical (unpaired) electrons. The quantitative estimate of drug-likeness (QED) is 0.879. The lowest BCUT2D eigenvalue weighted by molar-refractivity contribution is 0.0313. The number of benzene rings is 1. The lowest BCUT2D eigenvalue weighted by atomic mass is 9.89. The van der Waals surface area contributed by atoms with Crippen molar-refractivity contribution >= 4 is 5.91 Å². The van der Waals surface area contributed by atoms with Crippen LogP contribution in [-0.4, -0.2) is 61.6 Å². The Morgan fingerprint density at radius 1 is 1.14 bits per heavy atom. The highest BCUT2D eigenvalue weighted by Gasteiger charge is 2.47. The van der Waals surface area contributed by atoms with Crippen LogP contribution in [0.2, 0.25) is 0 Å². The summed E-state index contributed by atoms with van der Waals surface area (Å²) < 4.78 is 11.1. The number of hydrogen-bond donors (Lipinski definition) is 1. The molecule has 1 N–H and O–H groups in total. The largest absolute Gasteiger partial charge is 0.467 e. The van der Waals surface area contributed by atoms with Gasteiger partial charge in [-0.2, -0.15) is 0 Å². The van der Waals surface area contributed by atoms with Crippen LogP contribution in [0.25, 0.3) is 0 Å². The number of nitrogens with zero attached hydrogens (tertiary/aromatic N) is 2. The lowest BCUT2D eigenvalue weighted by Crippen LogP contribution is -2.35. The molecule has 3 fully saturated rings. The standard InChI is InChI=1S/C22H27N3O3/c26-22(17-10-19(28-15-17)14-24-6-8-27-9-7-24)25-13-18-11-23-12-20(18)21(25)16-4-2-1-3-5-16/h1-5,10,15,18,20-21,23H,6-9,11-14H2/t18-,20-,21-/m0/s1. The van der Waals surface area contributed by atoms with Gasteiger partial charge in [-0.1, -0.05) is 30.3 Å². The van der Waals surface area contributed by atoms with Crippen LogP contribution in [0.5, 0.6) is 0 Å². The summed E-state index contributed by atoms with van der Waals surface area (Å²) in [6.07, 6.45) is 1.63. The average molecular weight is 381 g/mol. The second-order valence-electron chi connectivity index (χ2n) is 8.09. The molecule has 1 aromatic carbocycles. The third-order valence-electron chi connectivity index (χ3n) is 6.35. The Bertz CT molecular complexity index is 815. The molecule has 5 rings (SSSR count). The van der Waals surface area contributed by atoms with Crippen LogP contribution >= 0.6 is 0 Å². The van der Waals surface area contributed by atoms with Crippen molar-refractivity contribution in [1.82, 2.24) is 15.1 Å². The second-order valence-corrected chi connectivity index (χ2v) is 8.09. The molecule has 0 unspecified atom stereocenters. The molecule has 3 aliphatic heterocycles. The van der Waals surface area contributed by atoms with Gasteiger partial charge in [-0.25, -0.2) is 0 Å². The van der Waals surface area contributed by atoms with Crippen molar-refractivity contribution < 1.29 is 13.9 Å². The predicted molar refractivity (Wildman–Crippen MR) is 105 cm³/mol. The lowest BCUT2D eigenvalue weighted by Gasteiger charge is -2.28. The van der Waals surface area contributed by atoms with Gasteiger partial charge < -0.3 is 19.4 Å². The first-order chi connectivity index (χ1) is 13.8. The van der Waals surface area contributed by atoms with Gasteiger partial charge in [0.1, 0.15) is 12.0 Å². The molecule has 28 heavy (non-hydrogen) atoms. The number of nitrogens with one attached hydrogen (secondary N) is 1. The highest BCUT2D eigenvalue weighted by molar-refractivity contribution is 5.94. The zero-order valence-corrected chi connectivity index (χ0v) is 16.0. The van der Waals surface area contributed by atoms with Crippen LogP contribution in [0.3, 0.4) is 0 Å². The molecule has 0 spiro atoms. The molecule has 1 amide bonds. The predicted octanol–water partition coefficient (Wildman–Crippen LogP) is 2.14. The van der Waals surface area contributed by atoms with Crippen molar-refractivity contribution in [2.75, 3.05) is 45.9 Å². The van der Waals surface area contributed by atoms with Crippen LogP contribution < -0.4 is 5.32 Å². The number of morpholine rings is 1.